The summed E-state index contributed by atoms with van der Waals surface area (Å²) in [6.45, 7) is 0.271. The lowest BCUT2D eigenvalue weighted by Gasteiger charge is -2.07. The highest BCUT2D eigenvalue weighted by molar-refractivity contribution is 5.93. The molecule has 0 spiro atoms. The molecule has 0 aliphatic carbocycles. The molecule has 3 N–H and O–H groups in total. The molecule has 0 aliphatic rings. The maximum absolute atomic E-state index is 5.61. The van der Waals surface area contributed by atoms with Crippen LogP contribution in [0.4, 0.5) is 0 Å². The van der Waals surface area contributed by atoms with E-state index in [9.17, 15) is 0 Å². The smallest absolute Gasteiger partial charge is 0.143 e. The van der Waals surface area contributed by atoms with Crippen molar-refractivity contribution in [2.75, 3.05) is 7.11 Å². The van der Waals surface area contributed by atoms with Crippen LogP contribution in [-0.4, -0.2) is 22.4 Å². The third kappa shape index (κ3) is 1.46. The molecule has 18 heavy (non-hydrogen) atoms. The van der Waals surface area contributed by atoms with Crippen LogP contribution in [0, 0.1) is 0 Å². The van der Waals surface area contributed by atoms with Gasteiger partial charge in [0.25, 0.3) is 0 Å². The Morgan fingerprint density at radius 2 is 2.22 bits per heavy atom. The van der Waals surface area contributed by atoms with E-state index in [0.717, 1.165) is 22.2 Å². The van der Waals surface area contributed by atoms with Gasteiger partial charge in [0.2, 0.25) is 0 Å². The molecule has 0 saturated heterocycles. The molecule has 1 aromatic carbocycles. The van der Waals surface area contributed by atoms with Crippen LogP contribution in [0.25, 0.3) is 22.2 Å². The highest BCUT2D eigenvalue weighted by Gasteiger charge is 2.17. The van der Waals surface area contributed by atoms with Gasteiger partial charge in [0.1, 0.15) is 17.1 Å². The van der Waals surface area contributed by atoms with Gasteiger partial charge in [-0.05, 0) is 23.4 Å². The minimum Gasteiger partial charge on any atom is -0.495 e. The third-order valence-electron chi connectivity index (χ3n) is 2.89. The summed E-state index contributed by atoms with van der Waals surface area (Å²) in [6, 6.07) is 5.83. The first-order chi connectivity index (χ1) is 8.85. The van der Waals surface area contributed by atoms with Crippen LogP contribution >= 0.6 is 0 Å². The third-order valence-corrected chi connectivity index (χ3v) is 2.89. The van der Waals surface area contributed by atoms with Gasteiger partial charge in [-0.1, -0.05) is 5.16 Å². The number of nitrogens with one attached hydrogen (secondary N) is 1. The predicted molar refractivity (Wildman–Crippen MR) is 66.0 cm³/mol. The van der Waals surface area contributed by atoms with E-state index in [2.05, 4.69) is 15.3 Å². The van der Waals surface area contributed by atoms with Crippen molar-refractivity contribution in [2.24, 2.45) is 5.73 Å². The number of aromatic nitrogens is 3. The fourth-order valence-electron chi connectivity index (χ4n) is 2.06. The largest absolute Gasteiger partial charge is 0.495 e. The van der Waals surface area contributed by atoms with Crippen molar-refractivity contribution in [1.29, 1.82) is 0 Å². The number of aromatic amines is 1. The predicted octanol–water partition coefficient (Wildman–Crippen LogP) is 1.69. The topological polar surface area (TPSA) is 90.0 Å². The van der Waals surface area contributed by atoms with Gasteiger partial charge in [0.05, 0.1) is 7.11 Å². The minimum atomic E-state index is 0.271. The average molecular weight is 244 g/mol. The van der Waals surface area contributed by atoms with Crippen molar-refractivity contribution in [1.82, 2.24) is 15.3 Å². The number of fused-ring (bicyclic) bond motifs is 1. The molecular weight excluding hydrogens is 232 g/mol. The lowest BCUT2D eigenvalue weighted by atomic mass is 10.1. The highest BCUT2D eigenvalue weighted by Crippen LogP contribution is 2.36. The zero-order valence-corrected chi connectivity index (χ0v) is 9.80. The summed E-state index contributed by atoms with van der Waals surface area (Å²) in [5, 5.41) is 8.67. The summed E-state index contributed by atoms with van der Waals surface area (Å²) in [4.78, 5) is 3.13. The van der Waals surface area contributed by atoms with E-state index in [-0.39, 0.29) is 6.54 Å². The lowest BCUT2D eigenvalue weighted by Crippen LogP contribution is -1.99. The standard InChI is InChI=1S/C12H12N4O2/c1-17-12-7-4-5-14-9(7)3-2-8(12)11-10(6-13)15-18-16-11/h2-5,14H,6,13H2,1H3. The summed E-state index contributed by atoms with van der Waals surface area (Å²) < 4.78 is 10.2. The summed E-state index contributed by atoms with van der Waals surface area (Å²) in [6.07, 6.45) is 1.86. The first kappa shape index (κ1) is 10.8. The van der Waals surface area contributed by atoms with Crippen molar-refractivity contribution in [3.05, 3.63) is 30.1 Å². The van der Waals surface area contributed by atoms with E-state index >= 15 is 0 Å². The van der Waals surface area contributed by atoms with Crippen LogP contribution in [0.3, 0.4) is 0 Å². The molecule has 6 heteroatoms. The zero-order valence-electron chi connectivity index (χ0n) is 9.80. The number of benzene rings is 1. The maximum Gasteiger partial charge on any atom is 0.143 e. The van der Waals surface area contributed by atoms with Crippen LogP contribution < -0.4 is 10.5 Å². The quantitative estimate of drug-likeness (QED) is 0.731. The molecule has 0 aliphatic heterocycles. The molecule has 2 aromatic heterocycles. The lowest BCUT2D eigenvalue weighted by molar-refractivity contribution is 0.304. The molecule has 0 saturated carbocycles. The number of rotatable bonds is 3. The van der Waals surface area contributed by atoms with E-state index in [0.29, 0.717) is 11.4 Å². The van der Waals surface area contributed by atoms with Crippen molar-refractivity contribution < 1.29 is 9.37 Å². The van der Waals surface area contributed by atoms with Crippen molar-refractivity contribution >= 4 is 10.9 Å². The highest BCUT2D eigenvalue weighted by atomic mass is 16.6. The second kappa shape index (κ2) is 4.15. The average Bonchev–Trinajstić information content (AvgIpc) is 3.05. The molecule has 0 atom stereocenters. The number of hydrogen-bond acceptors (Lipinski definition) is 5. The molecule has 0 fully saturated rings. The van der Waals surface area contributed by atoms with Gasteiger partial charge in [-0.2, -0.15) is 0 Å². The molecule has 92 valence electrons. The van der Waals surface area contributed by atoms with E-state index in [4.69, 9.17) is 15.1 Å². The molecule has 6 nitrogen and oxygen atoms in total. The summed E-state index contributed by atoms with van der Waals surface area (Å²) in [5.74, 6) is 0.735. The number of nitrogens with two attached hydrogens (primary N) is 1. The van der Waals surface area contributed by atoms with Gasteiger partial charge < -0.3 is 15.5 Å². The molecule has 0 radical (unpaired) electrons. The number of nitrogens with zero attached hydrogens (tertiary/aromatic N) is 2. The number of ether oxygens (including phenoxy) is 1. The van der Waals surface area contributed by atoms with Crippen LogP contribution in [0.5, 0.6) is 5.75 Å². The maximum atomic E-state index is 5.61. The Labute approximate surface area is 103 Å². The molecule has 3 rings (SSSR count). The second-order valence-corrected chi connectivity index (χ2v) is 3.85. The van der Waals surface area contributed by atoms with Crippen LogP contribution in [0.15, 0.2) is 29.0 Å². The van der Waals surface area contributed by atoms with E-state index in [1.54, 1.807) is 7.11 Å². The Hall–Kier alpha value is -2.34. The molecule has 0 bridgehead atoms. The van der Waals surface area contributed by atoms with E-state index in [1.807, 2.05) is 24.4 Å². The molecule has 0 unspecified atom stereocenters. The van der Waals surface area contributed by atoms with Gasteiger partial charge >= 0.3 is 0 Å². The van der Waals surface area contributed by atoms with Gasteiger partial charge in [0.15, 0.2) is 0 Å². The van der Waals surface area contributed by atoms with Gasteiger partial charge in [-0.3, -0.25) is 0 Å². The van der Waals surface area contributed by atoms with Crippen LogP contribution in [-0.2, 0) is 6.54 Å². The number of hydrogen-bond donors (Lipinski definition) is 2. The Morgan fingerprint density at radius 3 is 3.00 bits per heavy atom. The Balaban J connectivity index is 2.28. The van der Waals surface area contributed by atoms with Gasteiger partial charge in [-0.15, -0.1) is 0 Å². The van der Waals surface area contributed by atoms with E-state index < -0.39 is 0 Å². The first-order valence-corrected chi connectivity index (χ1v) is 5.51. The monoisotopic (exact) mass is 244 g/mol. The summed E-state index contributed by atoms with van der Waals surface area (Å²) in [7, 11) is 1.63. The second-order valence-electron chi connectivity index (χ2n) is 3.85. The molecule has 3 aromatic rings. The van der Waals surface area contributed by atoms with Gasteiger partial charge in [-0.25, -0.2) is 4.63 Å². The number of methoxy groups -OCH3 is 1. The zero-order chi connectivity index (χ0) is 12.5. The fraction of sp³-hybridized carbons (Fsp3) is 0.167. The van der Waals surface area contributed by atoms with Crippen molar-refractivity contribution in [3.63, 3.8) is 0 Å². The van der Waals surface area contributed by atoms with Crippen LogP contribution in [0.1, 0.15) is 5.69 Å². The Kier molecular flexibility index (Phi) is 2.49. The molecule has 0 amide bonds. The fourth-order valence-corrected chi connectivity index (χ4v) is 2.06. The summed E-state index contributed by atoms with van der Waals surface area (Å²) in [5.41, 5.74) is 8.67. The first-order valence-electron chi connectivity index (χ1n) is 5.51. The molecule has 2 heterocycles. The SMILES string of the molecule is COc1c(-c2nonc2CN)ccc2[nH]ccc12. The van der Waals surface area contributed by atoms with Gasteiger partial charge in [0, 0.05) is 29.2 Å². The van der Waals surface area contributed by atoms with E-state index in [1.165, 1.54) is 0 Å². The van der Waals surface area contributed by atoms with Crippen molar-refractivity contribution in [3.8, 4) is 17.0 Å². The Morgan fingerprint density at radius 1 is 1.33 bits per heavy atom. The van der Waals surface area contributed by atoms with Crippen LogP contribution in [0.2, 0.25) is 0 Å². The normalized spacial score (nSPS) is 11.0. The minimum absolute atomic E-state index is 0.271. The Bertz CT molecular complexity index is 686. The van der Waals surface area contributed by atoms with Crippen molar-refractivity contribution in [2.45, 2.75) is 6.54 Å². The number of H-pyrrole nitrogens is 1. The summed E-state index contributed by atoms with van der Waals surface area (Å²) >= 11 is 0. The molecular formula is C12H12N4O2.